The van der Waals surface area contributed by atoms with E-state index in [0.717, 1.165) is 34.8 Å². The minimum absolute atomic E-state index is 0.0167. The van der Waals surface area contributed by atoms with E-state index in [1.165, 1.54) is 0 Å². The van der Waals surface area contributed by atoms with E-state index in [4.69, 9.17) is 4.74 Å². The maximum absolute atomic E-state index is 12.3. The van der Waals surface area contributed by atoms with Gasteiger partial charge in [0, 0.05) is 42.4 Å². The van der Waals surface area contributed by atoms with E-state index in [2.05, 4.69) is 23.5 Å². The number of rotatable bonds is 4. The number of fused-ring (bicyclic) bond motifs is 1. The molecular formula is C21H21N3O2. The van der Waals surface area contributed by atoms with Gasteiger partial charge in [-0.3, -0.25) is 9.48 Å². The van der Waals surface area contributed by atoms with Crippen LogP contribution in [0.3, 0.4) is 0 Å². The maximum Gasteiger partial charge on any atom is 0.225 e. The van der Waals surface area contributed by atoms with Crippen molar-refractivity contribution in [2.75, 3.05) is 5.32 Å². The number of nitrogens with zero attached hydrogens (tertiary/aromatic N) is 2. The maximum atomic E-state index is 12.3. The largest absolute Gasteiger partial charge is 0.457 e. The fraction of sp³-hybridized carbons (Fsp3) is 0.238. The Morgan fingerprint density at radius 3 is 2.69 bits per heavy atom. The molecule has 0 spiro atoms. The zero-order valence-corrected chi connectivity index (χ0v) is 14.9. The highest BCUT2D eigenvalue weighted by Crippen LogP contribution is 2.40. The lowest BCUT2D eigenvalue weighted by atomic mass is 9.85. The third kappa shape index (κ3) is 3.08. The van der Waals surface area contributed by atoms with E-state index in [1.54, 1.807) is 0 Å². The summed E-state index contributed by atoms with van der Waals surface area (Å²) < 4.78 is 7.82. The Bertz CT molecular complexity index is 947. The molecule has 3 aromatic rings. The lowest BCUT2D eigenvalue weighted by Crippen LogP contribution is -2.23. The second-order valence-electron chi connectivity index (χ2n) is 6.49. The Hall–Kier alpha value is -3.08. The first-order chi connectivity index (χ1) is 12.6. The van der Waals surface area contributed by atoms with Gasteiger partial charge in [-0.05, 0) is 37.6 Å². The number of hydrogen-bond donors (Lipinski definition) is 1. The van der Waals surface area contributed by atoms with Crippen LogP contribution in [0.15, 0.2) is 54.7 Å². The molecular weight excluding hydrogens is 326 g/mol. The molecule has 1 aliphatic heterocycles. The summed E-state index contributed by atoms with van der Waals surface area (Å²) in [4.78, 5) is 12.3. The zero-order chi connectivity index (χ0) is 18.1. The van der Waals surface area contributed by atoms with Gasteiger partial charge in [0.15, 0.2) is 0 Å². The van der Waals surface area contributed by atoms with Gasteiger partial charge < -0.3 is 10.1 Å². The first-order valence-corrected chi connectivity index (χ1v) is 8.84. The summed E-state index contributed by atoms with van der Waals surface area (Å²) in [5, 5.41) is 7.52. The van der Waals surface area contributed by atoms with E-state index >= 15 is 0 Å². The van der Waals surface area contributed by atoms with E-state index in [0.29, 0.717) is 12.2 Å². The molecule has 1 aromatic heterocycles. The van der Waals surface area contributed by atoms with Crippen molar-refractivity contribution in [2.24, 2.45) is 0 Å². The number of benzene rings is 2. The number of ether oxygens (including phenoxy) is 1. The Morgan fingerprint density at radius 1 is 1.15 bits per heavy atom. The zero-order valence-electron chi connectivity index (χ0n) is 14.9. The van der Waals surface area contributed by atoms with Crippen LogP contribution in [0.5, 0.6) is 11.5 Å². The van der Waals surface area contributed by atoms with Crippen LogP contribution in [-0.4, -0.2) is 15.7 Å². The van der Waals surface area contributed by atoms with E-state index < -0.39 is 0 Å². The molecule has 0 bridgehead atoms. The molecule has 2 aromatic carbocycles. The molecule has 5 heteroatoms. The van der Waals surface area contributed by atoms with Crippen LogP contribution in [0.25, 0.3) is 0 Å². The summed E-state index contributed by atoms with van der Waals surface area (Å²) in [5.41, 5.74) is 3.99. The minimum atomic E-state index is 0.0167. The van der Waals surface area contributed by atoms with Crippen molar-refractivity contribution in [2.45, 2.75) is 32.7 Å². The van der Waals surface area contributed by atoms with Crippen molar-refractivity contribution >= 4 is 11.6 Å². The number of para-hydroxylation sites is 1. The monoisotopic (exact) mass is 347 g/mol. The third-order valence-electron chi connectivity index (χ3n) is 4.73. The molecule has 1 aliphatic rings. The molecule has 5 nitrogen and oxygen atoms in total. The molecule has 0 unspecified atom stereocenters. The lowest BCUT2D eigenvalue weighted by Gasteiger charge is -2.26. The predicted molar refractivity (Wildman–Crippen MR) is 101 cm³/mol. The SMILES string of the molecule is CCn1cc([C@@H]2CC(=O)Nc3cc(Oc4ccccc4)ccc32)c(C)n1. The molecule has 1 atom stereocenters. The molecule has 0 saturated carbocycles. The van der Waals surface area contributed by atoms with Gasteiger partial charge in [0.2, 0.25) is 5.91 Å². The number of hydrogen-bond acceptors (Lipinski definition) is 3. The standard InChI is InChI=1S/C21H21N3O2/c1-3-24-13-19(14(2)23-24)18-12-21(25)22-20-11-16(9-10-17(18)20)26-15-7-5-4-6-8-15/h4-11,13,18H,3,12H2,1-2H3,(H,22,25)/t18-/m1/s1. The second-order valence-corrected chi connectivity index (χ2v) is 6.49. The fourth-order valence-corrected chi connectivity index (χ4v) is 3.45. The van der Waals surface area contributed by atoms with E-state index in [9.17, 15) is 4.79 Å². The van der Waals surface area contributed by atoms with Gasteiger partial charge in [0.05, 0.1) is 5.69 Å². The summed E-state index contributed by atoms with van der Waals surface area (Å²) in [6, 6.07) is 15.5. The molecule has 1 amide bonds. The summed E-state index contributed by atoms with van der Waals surface area (Å²) >= 11 is 0. The third-order valence-corrected chi connectivity index (χ3v) is 4.73. The number of aryl methyl sites for hydroxylation is 2. The van der Waals surface area contributed by atoms with Crippen LogP contribution in [0.2, 0.25) is 0 Å². The number of nitrogens with one attached hydrogen (secondary N) is 1. The number of aromatic nitrogens is 2. The van der Waals surface area contributed by atoms with Gasteiger partial charge in [-0.1, -0.05) is 24.3 Å². The summed E-state index contributed by atoms with van der Waals surface area (Å²) in [6.07, 6.45) is 2.49. The van der Waals surface area contributed by atoms with Crippen LogP contribution in [0.4, 0.5) is 5.69 Å². The Balaban J connectivity index is 1.69. The van der Waals surface area contributed by atoms with Gasteiger partial charge in [-0.2, -0.15) is 5.10 Å². The topological polar surface area (TPSA) is 56.2 Å². The van der Waals surface area contributed by atoms with Crippen LogP contribution < -0.4 is 10.1 Å². The normalized spacial score (nSPS) is 16.1. The van der Waals surface area contributed by atoms with Crippen molar-refractivity contribution in [3.05, 3.63) is 71.5 Å². The van der Waals surface area contributed by atoms with Crippen molar-refractivity contribution in [3.8, 4) is 11.5 Å². The highest BCUT2D eigenvalue weighted by molar-refractivity contribution is 5.95. The Kier molecular flexibility index (Phi) is 4.21. The smallest absolute Gasteiger partial charge is 0.225 e. The van der Waals surface area contributed by atoms with Crippen LogP contribution in [0, 0.1) is 6.92 Å². The molecule has 26 heavy (non-hydrogen) atoms. The van der Waals surface area contributed by atoms with Gasteiger partial charge in [0.1, 0.15) is 11.5 Å². The molecule has 0 saturated heterocycles. The van der Waals surface area contributed by atoms with E-state index in [1.807, 2.05) is 60.1 Å². The average Bonchev–Trinajstić information content (AvgIpc) is 3.02. The van der Waals surface area contributed by atoms with Gasteiger partial charge in [-0.25, -0.2) is 0 Å². The van der Waals surface area contributed by atoms with Crippen molar-refractivity contribution in [3.63, 3.8) is 0 Å². The minimum Gasteiger partial charge on any atom is -0.457 e. The van der Waals surface area contributed by atoms with Crippen molar-refractivity contribution < 1.29 is 9.53 Å². The highest BCUT2D eigenvalue weighted by Gasteiger charge is 2.29. The fourth-order valence-electron chi connectivity index (χ4n) is 3.45. The van der Waals surface area contributed by atoms with Crippen LogP contribution in [0.1, 0.15) is 36.1 Å². The number of carbonyl (C=O) groups excluding carboxylic acids is 1. The van der Waals surface area contributed by atoms with Crippen LogP contribution >= 0.6 is 0 Å². The van der Waals surface area contributed by atoms with E-state index in [-0.39, 0.29) is 11.8 Å². The van der Waals surface area contributed by atoms with Crippen LogP contribution in [-0.2, 0) is 11.3 Å². The first kappa shape index (κ1) is 16.4. The lowest BCUT2D eigenvalue weighted by molar-refractivity contribution is -0.116. The molecule has 4 rings (SSSR count). The quantitative estimate of drug-likeness (QED) is 0.757. The number of carbonyl (C=O) groups is 1. The van der Waals surface area contributed by atoms with Gasteiger partial charge in [0.25, 0.3) is 0 Å². The Labute approximate surface area is 152 Å². The average molecular weight is 347 g/mol. The second kappa shape index (κ2) is 6.67. The van der Waals surface area contributed by atoms with Gasteiger partial charge >= 0.3 is 0 Å². The molecule has 0 radical (unpaired) electrons. The number of amides is 1. The Morgan fingerprint density at radius 2 is 1.96 bits per heavy atom. The molecule has 0 fully saturated rings. The van der Waals surface area contributed by atoms with Crippen molar-refractivity contribution in [1.29, 1.82) is 0 Å². The first-order valence-electron chi connectivity index (χ1n) is 8.84. The highest BCUT2D eigenvalue weighted by atomic mass is 16.5. The predicted octanol–water partition coefficient (Wildman–Crippen LogP) is 4.48. The summed E-state index contributed by atoms with van der Waals surface area (Å²) in [5.74, 6) is 1.51. The molecule has 1 N–H and O–H groups in total. The summed E-state index contributed by atoms with van der Waals surface area (Å²) in [6.45, 7) is 4.88. The summed E-state index contributed by atoms with van der Waals surface area (Å²) in [7, 11) is 0. The van der Waals surface area contributed by atoms with Crippen molar-refractivity contribution in [1.82, 2.24) is 9.78 Å². The number of anilines is 1. The van der Waals surface area contributed by atoms with Gasteiger partial charge in [-0.15, -0.1) is 0 Å². The molecule has 132 valence electrons. The molecule has 0 aliphatic carbocycles. The molecule has 2 heterocycles.